The van der Waals surface area contributed by atoms with Crippen LogP contribution < -0.4 is 10.0 Å². The summed E-state index contributed by atoms with van der Waals surface area (Å²) < 4.78 is 28.9. The van der Waals surface area contributed by atoms with Crippen LogP contribution in [0.25, 0.3) is 0 Å². The van der Waals surface area contributed by atoms with E-state index in [0.29, 0.717) is 12.8 Å². The van der Waals surface area contributed by atoms with Crippen molar-refractivity contribution in [2.24, 2.45) is 5.92 Å². The van der Waals surface area contributed by atoms with E-state index in [0.717, 1.165) is 51.4 Å². The van der Waals surface area contributed by atoms with Gasteiger partial charge >= 0.3 is 0 Å². The lowest BCUT2D eigenvalue weighted by Crippen LogP contribution is -2.51. The van der Waals surface area contributed by atoms with E-state index < -0.39 is 15.3 Å². The number of amides is 1. The van der Waals surface area contributed by atoms with Crippen molar-refractivity contribution in [1.29, 1.82) is 0 Å². The van der Waals surface area contributed by atoms with Gasteiger partial charge in [0.2, 0.25) is 15.9 Å². The van der Waals surface area contributed by atoms with Crippen LogP contribution in [0, 0.1) is 5.92 Å². The molecule has 0 aromatic heterocycles. The van der Waals surface area contributed by atoms with Gasteiger partial charge in [-0.1, -0.05) is 51.4 Å². The molecule has 0 spiro atoms. The van der Waals surface area contributed by atoms with Crippen LogP contribution in [0.15, 0.2) is 0 Å². The molecule has 144 valence electrons. The molecule has 3 rings (SSSR count). The van der Waals surface area contributed by atoms with Gasteiger partial charge in [0.15, 0.2) is 0 Å². The van der Waals surface area contributed by atoms with Crippen LogP contribution in [-0.4, -0.2) is 31.7 Å². The van der Waals surface area contributed by atoms with E-state index in [-0.39, 0.29) is 23.9 Å². The lowest BCUT2D eigenvalue weighted by atomic mass is 9.87. The molecule has 6 heteroatoms. The molecule has 3 aliphatic carbocycles. The standard InChI is InChI=1S/C19H34N2O3S/c22-19(20-15-9-3-1-4-10-15)17-13-7-8-14-18(17)25(23,24)21-16-11-5-2-6-12-16/h15-18,21H,1-14H2,(H,20,22). The molecule has 3 saturated carbocycles. The lowest BCUT2D eigenvalue weighted by Gasteiger charge is -2.34. The minimum absolute atomic E-state index is 0.0226. The highest BCUT2D eigenvalue weighted by atomic mass is 32.2. The van der Waals surface area contributed by atoms with Gasteiger partial charge in [0.25, 0.3) is 0 Å². The zero-order chi connectivity index (χ0) is 17.7. The molecular weight excluding hydrogens is 336 g/mol. The fourth-order valence-electron chi connectivity index (χ4n) is 4.86. The summed E-state index contributed by atoms with van der Waals surface area (Å²) in [5.41, 5.74) is 0. The third kappa shape index (κ3) is 5.19. The maximum atomic E-state index is 13.0. The summed E-state index contributed by atoms with van der Waals surface area (Å²) in [7, 11) is -3.43. The molecule has 0 aromatic carbocycles. The molecule has 0 aromatic rings. The number of nitrogens with one attached hydrogen (secondary N) is 2. The summed E-state index contributed by atoms with van der Waals surface area (Å²) in [6.45, 7) is 0. The van der Waals surface area contributed by atoms with Crippen LogP contribution in [-0.2, 0) is 14.8 Å². The van der Waals surface area contributed by atoms with Crippen LogP contribution in [0.4, 0.5) is 0 Å². The maximum absolute atomic E-state index is 13.0. The predicted molar refractivity (Wildman–Crippen MR) is 99.7 cm³/mol. The second-order valence-electron chi connectivity index (χ2n) is 8.27. The number of sulfonamides is 1. The van der Waals surface area contributed by atoms with E-state index in [2.05, 4.69) is 10.0 Å². The first-order chi connectivity index (χ1) is 12.1. The molecular formula is C19H34N2O3S. The van der Waals surface area contributed by atoms with Crippen LogP contribution in [0.3, 0.4) is 0 Å². The van der Waals surface area contributed by atoms with Crippen molar-refractivity contribution in [1.82, 2.24) is 10.0 Å². The SMILES string of the molecule is O=C(NC1CCCCC1)C1CCCCC1S(=O)(=O)NC1CCCCC1. The van der Waals surface area contributed by atoms with Gasteiger partial charge in [-0.25, -0.2) is 13.1 Å². The Hall–Kier alpha value is -0.620. The zero-order valence-electron chi connectivity index (χ0n) is 15.3. The van der Waals surface area contributed by atoms with E-state index in [4.69, 9.17) is 0 Å². The minimum Gasteiger partial charge on any atom is -0.353 e. The van der Waals surface area contributed by atoms with Crippen LogP contribution >= 0.6 is 0 Å². The molecule has 0 aliphatic heterocycles. The summed E-state index contributed by atoms with van der Waals surface area (Å²) in [4.78, 5) is 12.8. The quantitative estimate of drug-likeness (QED) is 0.780. The molecule has 2 atom stereocenters. The highest BCUT2D eigenvalue weighted by molar-refractivity contribution is 7.90. The van der Waals surface area contributed by atoms with Gasteiger partial charge < -0.3 is 5.32 Å². The van der Waals surface area contributed by atoms with Gasteiger partial charge in [0.1, 0.15) is 0 Å². The Balaban J connectivity index is 1.63. The number of carbonyl (C=O) groups excluding carboxylic acids is 1. The largest absolute Gasteiger partial charge is 0.353 e. The van der Waals surface area contributed by atoms with Crippen molar-refractivity contribution in [2.75, 3.05) is 0 Å². The minimum atomic E-state index is -3.43. The summed E-state index contributed by atoms with van der Waals surface area (Å²) in [5.74, 6) is -0.401. The number of carbonyl (C=O) groups is 1. The molecule has 2 N–H and O–H groups in total. The van der Waals surface area contributed by atoms with E-state index in [1.54, 1.807) is 0 Å². The number of hydrogen-bond acceptors (Lipinski definition) is 3. The van der Waals surface area contributed by atoms with Gasteiger partial charge in [-0.05, 0) is 38.5 Å². The van der Waals surface area contributed by atoms with Crippen molar-refractivity contribution >= 4 is 15.9 Å². The lowest BCUT2D eigenvalue weighted by molar-refractivity contribution is -0.126. The zero-order valence-corrected chi connectivity index (χ0v) is 16.2. The molecule has 0 heterocycles. The smallest absolute Gasteiger partial charge is 0.224 e. The molecule has 3 aliphatic rings. The van der Waals surface area contributed by atoms with Crippen molar-refractivity contribution in [3.05, 3.63) is 0 Å². The third-order valence-electron chi connectivity index (χ3n) is 6.33. The predicted octanol–water partition coefficient (Wildman–Crippen LogP) is 3.25. The second kappa shape index (κ2) is 8.85. The molecule has 2 unspecified atom stereocenters. The highest BCUT2D eigenvalue weighted by Crippen LogP contribution is 2.31. The monoisotopic (exact) mass is 370 g/mol. The van der Waals surface area contributed by atoms with Gasteiger partial charge in [-0.2, -0.15) is 0 Å². The van der Waals surface area contributed by atoms with E-state index in [1.165, 1.54) is 25.7 Å². The van der Waals surface area contributed by atoms with Crippen LogP contribution in [0.2, 0.25) is 0 Å². The van der Waals surface area contributed by atoms with Crippen LogP contribution in [0.5, 0.6) is 0 Å². The first-order valence-corrected chi connectivity index (χ1v) is 11.9. The Morgan fingerprint density at radius 3 is 1.84 bits per heavy atom. The fourth-order valence-corrected chi connectivity index (χ4v) is 6.91. The van der Waals surface area contributed by atoms with Crippen LogP contribution in [0.1, 0.15) is 89.9 Å². The number of hydrogen-bond donors (Lipinski definition) is 2. The molecule has 25 heavy (non-hydrogen) atoms. The van der Waals surface area contributed by atoms with E-state index >= 15 is 0 Å². The molecule has 0 radical (unpaired) electrons. The summed E-state index contributed by atoms with van der Waals surface area (Å²) >= 11 is 0. The highest BCUT2D eigenvalue weighted by Gasteiger charge is 2.41. The van der Waals surface area contributed by atoms with Crippen molar-refractivity contribution < 1.29 is 13.2 Å². The topological polar surface area (TPSA) is 75.3 Å². The van der Waals surface area contributed by atoms with Crippen molar-refractivity contribution in [2.45, 2.75) is 107 Å². The first kappa shape index (κ1) is 19.2. The maximum Gasteiger partial charge on any atom is 0.224 e. The fraction of sp³-hybridized carbons (Fsp3) is 0.947. The Bertz CT molecular complexity index is 537. The normalized spacial score (nSPS) is 30.1. The molecule has 0 saturated heterocycles. The molecule has 5 nitrogen and oxygen atoms in total. The average molecular weight is 371 g/mol. The number of rotatable bonds is 5. The molecule has 0 bridgehead atoms. The Morgan fingerprint density at radius 2 is 1.20 bits per heavy atom. The van der Waals surface area contributed by atoms with Gasteiger partial charge in [0, 0.05) is 12.1 Å². The van der Waals surface area contributed by atoms with Crippen molar-refractivity contribution in [3.63, 3.8) is 0 Å². The van der Waals surface area contributed by atoms with E-state index in [9.17, 15) is 13.2 Å². The first-order valence-electron chi connectivity index (χ1n) is 10.4. The summed E-state index contributed by atoms with van der Waals surface area (Å²) in [6.07, 6.45) is 14.1. The Morgan fingerprint density at radius 1 is 0.680 bits per heavy atom. The Kier molecular flexibility index (Phi) is 6.78. The molecule has 1 amide bonds. The van der Waals surface area contributed by atoms with E-state index in [1.807, 2.05) is 0 Å². The van der Waals surface area contributed by atoms with Gasteiger partial charge in [-0.3, -0.25) is 4.79 Å². The summed E-state index contributed by atoms with van der Waals surface area (Å²) in [6, 6.07) is 0.320. The Labute approximate surface area is 152 Å². The van der Waals surface area contributed by atoms with Crippen molar-refractivity contribution in [3.8, 4) is 0 Å². The average Bonchev–Trinajstić information content (AvgIpc) is 2.63. The third-order valence-corrected chi connectivity index (χ3v) is 8.35. The molecule has 3 fully saturated rings. The van der Waals surface area contributed by atoms with Gasteiger partial charge in [-0.15, -0.1) is 0 Å². The summed E-state index contributed by atoms with van der Waals surface area (Å²) in [5, 5.41) is 2.61. The van der Waals surface area contributed by atoms with Gasteiger partial charge in [0.05, 0.1) is 11.2 Å². The second-order valence-corrected chi connectivity index (χ2v) is 10.2.